The highest BCUT2D eigenvalue weighted by Crippen LogP contribution is 2.50. The summed E-state index contributed by atoms with van der Waals surface area (Å²) in [7, 11) is 1.68. The first-order chi connectivity index (χ1) is 8.29. The van der Waals surface area contributed by atoms with E-state index < -0.39 is 0 Å². The van der Waals surface area contributed by atoms with Crippen molar-refractivity contribution in [1.29, 1.82) is 0 Å². The Balaban J connectivity index is 2.08. The predicted octanol–water partition coefficient (Wildman–Crippen LogP) is 1.80. The standard InChI is InChI=1S/C13H17NO3/c1-15-10-6-12-11(16-8-17-12)5-9(10)13(7-14)3-2-4-13/h5-6H,2-4,7-8,14H2,1H3. The van der Waals surface area contributed by atoms with Crippen molar-refractivity contribution >= 4 is 0 Å². The Labute approximate surface area is 101 Å². The van der Waals surface area contributed by atoms with Crippen LogP contribution in [0, 0.1) is 0 Å². The van der Waals surface area contributed by atoms with E-state index >= 15 is 0 Å². The summed E-state index contributed by atoms with van der Waals surface area (Å²) in [5.74, 6) is 2.43. The molecular weight excluding hydrogens is 218 g/mol. The Kier molecular flexibility index (Phi) is 2.40. The number of hydrogen-bond acceptors (Lipinski definition) is 4. The van der Waals surface area contributed by atoms with E-state index in [1.807, 2.05) is 12.1 Å². The van der Waals surface area contributed by atoms with Gasteiger partial charge in [-0.25, -0.2) is 0 Å². The van der Waals surface area contributed by atoms with Gasteiger partial charge < -0.3 is 19.9 Å². The molecule has 1 aromatic carbocycles. The third-order valence-electron chi connectivity index (χ3n) is 3.97. The molecule has 1 aliphatic heterocycles. The molecule has 1 saturated carbocycles. The highest BCUT2D eigenvalue weighted by molar-refractivity contribution is 5.55. The molecule has 2 N–H and O–H groups in total. The molecular formula is C13H17NO3. The Morgan fingerprint density at radius 1 is 1.29 bits per heavy atom. The van der Waals surface area contributed by atoms with E-state index in [0.29, 0.717) is 6.54 Å². The van der Waals surface area contributed by atoms with Gasteiger partial charge in [0.2, 0.25) is 6.79 Å². The van der Waals surface area contributed by atoms with Crippen LogP contribution in [-0.4, -0.2) is 20.4 Å². The number of hydrogen-bond donors (Lipinski definition) is 1. The van der Waals surface area contributed by atoms with E-state index in [1.165, 1.54) is 6.42 Å². The van der Waals surface area contributed by atoms with Gasteiger partial charge in [-0.15, -0.1) is 0 Å². The quantitative estimate of drug-likeness (QED) is 0.868. The second kappa shape index (κ2) is 3.81. The Hall–Kier alpha value is -1.42. The molecule has 0 bridgehead atoms. The van der Waals surface area contributed by atoms with E-state index in [0.717, 1.165) is 35.7 Å². The zero-order chi connectivity index (χ0) is 11.9. The van der Waals surface area contributed by atoms with Crippen LogP contribution in [0.25, 0.3) is 0 Å². The third kappa shape index (κ3) is 1.47. The minimum Gasteiger partial charge on any atom is -0.496 e. The van der Waals surface area contributed by atoms with Crippen LogP contribution < -0.4 is 19.9 Å². The molecule has 3 rings (SSSR count). The molecule has 0 atom stereocenters. The predicted molar refractivity (Wildman–Crippen MR) is 63.7 cm³/mol. The highest BCUT2D eigenvalue weighted by Gasteiger charge is 2.40. The van der Waals surface area contributed by atoms with E-state index in [-0.39, 0.29) is 12.2 Å². The summed E-state index contributed by atoms with van der Waals surface area (Å²) < 4.78 is 16.3. The van der Waals surface area contributed by atoms with Gasteiger partial charge in [0.05, 0.1) is 7.11 Å². The average Bonchev–Trinajstić information content (AvgIpc) is 2.74. The minimum absolute atomic E-state index is 0.0757. The highest BCUT2D eigenvalue weighted by atomic mass is 16.7. The van der Waals surface area contributed by atoms with Crippen molar-refractivity contribution in [2.45, 2.75) is 24.7 Å². The Bertz CT molecular complexity index is 435. The number of fused-ring (bicyclic) bond motifs is 1. The van der Waals surface area contributed by atoms with Crippen LogP contribution in [0.3, 0.4) is 0 Å². The van der Waals surface area contributed by atoms with Crippen molar-refractivity contribution in [2.75, 3.05) is 20.4 Å². The molecule has 17 heavy (non-hydrogen) atoms. The summed E-state index contributed by atoms with van der Waals surface area (Å²) in [6.07, 6.45) is 3.48. The molecule has 0 radical (unpaired) electrons. The smallest absolute Gasteiger partial charge is 0.231 e. The van der Waals surface area contributed by atoms with Gasteiger partial charge in [0, 0.05) is 23.6 Å². The van der Waals surface area contributed by atoms with Crippen LogP contribution in [0.5, 0.6) is 17.2 Å². The Morgan fingerprint density at radius 3 is 2.53 bits per heavy atom. The summed E-state index contributed by atoms with van der Waals surface area (Å²) in [6, 6.07) is 3.95. The number of benzene rings is 1. The van der Waals surface area contributed by atoms with E-state index in [4.69, 9.17) is 19.9 Å². The van der Waals surface area contributed by atoms with Crippen molar-refractivity contribution in [3.8, 4) is 17.2 Å². The lowest BCUT2D eigenvalue weighted by atomic mass is 9.64. The van der Waals surface area contributed by atoms with Gasteiger partial charge in [0.15, 0.2) is 11.5 Å². The second-order valence-electron chi connectivity index (χ2n) is 4.74. The Morgan fingerprint density at radius 2 is 2.00 bits per heavy atom. The third-order valence-corrected chi connectivity index (χ3v) is 3.97. The first-order valence-electron chi connectivity index (χ1n) is 5.97. The lowest BCUT2D eigenvalue weighted by Crippen LogP contribution is -2.41. The van der Waals surface area contributed by atoms with Crippen LogP contribution in [0.4, 0.5) is 0 Å². The zero-order valence-corrected chi connectivity index (χ0v) is 9.99. The summed E-state index contributed by atoms with van der Waals surface area (Å²) in [5.41, 5.74) is 7.18. The average molecular weight is 235 g/mol. The second-order valence-corrected chi connectivity index (χ2v) is 4.74. The molecule has 0 aromatic heterocycles. The van der Waals surface area contributed by atoms with Gasteiger partial charge in [-0.05, 0) is 18.9 Å². The fourth-order valence-corrected chi connectivity index (χ4v) is 2.69. The van der Waals surface area contributed by atoms with Gasteiger partial charge >= 0.3 is 0 Å². The SMILES string of the molecule is COc1cc2c(cc1C1(CN)CCC1)OCO2. The molecule has 1 fully saturated rings. The zero-order valence-electron chi connectivity index (χ0n) is 9.99. The van der Waals surface area contributed by atoms with Gasteiger partial charge in [-0.1, -0.05) is 6.42 Å². The van der Waals surface area contributed by atoms with Crippen molar-refractivity contribution in [3.05, 3.63) is 17.7 Å². The van der Waals surface area contributed by atoms with Crippen molar-refractivity contribution < 1.29 is 14.2 Å². The fourth-order valence-electron chi connectivity index (χ4n) is 2.69. The monoisotopic (exact) mass is 235 g/mol. The molecule has 4 heteroatoms. The summed E-state index contributed by atoms with van der Waals surface area (Å²) >= 11 is 0. The maximum absolute atomic E-state index is 5.94. The first kappa shape index (κ1) is 10.7. The molecule has 1 aliphatic carbocycles. The van der Waals surface area contributed by atoms with Gasteiger partial charge in [-0.2, -0.15) is 0 Å². The molecule has 0 unspecified atom stereocenters. The van der Waals surface area contributed by atoms with Crippen molar-refractivity contribution in [3.63, 3.8) is 0 Å². The molecule has 4 nitrogen and oxygen atoms in total. The maximum Gasteiger partial charge on any atom is 0.231 e. The molecule has 2 aliphatic rings. The fraction of sp³-hybridized carbons (Fsp3) is 0.538. The lowest BCUT2D eigenvalue weighted by molar-refractivity contribution is 0.173. The molecule has 0 spiro atoms. The summed E-state index contributed by atoms with van der Waals surface area (Å²) in [5, 5.41) is 0. The summed E-state index contributed by atoms with van der Waals surface area (Å²) in [6.45, 7) is 0.945. The van der Waals surface area contributed by atoms with E-state index in [9.17, 15) is 0 Å². The normalized spacial score (nSPS) is 19.9. The summed E-state index contributed by atoms with van der Waals surface area (Å²) in [4.78, 5) is 0. The first-order valence-corrected chi connectivity index (χ1v) is 5.97. The topological polar surface area (TPSA) is 53.7 Å². The van der Waals surface area contributed by atoms with Crippen LogP contribution >= 0.6 is 0 Å². The molecule has 0 saturated heterocycles. The van der Waals surface area contributed by atoms with Crippen LogP contribution in [-0.2, 0) is 5.41 Å². The van der Waals surface area contributed by atoms with Crippen molar-refractivity contribution in [2.24, 2.45) is 5.73 Å². The number of ether oxygens (including phenoxy) is 3. The van der Waals surface area contributed by atoms with Crippen LogP contribution in [0.1, 0.15) is 24.8 Å². The largest absolute Gasteiger partial charge is 0.496 e. The van der Waals surface area contributed by atoms with Crippen molar-refractivity contribution in [1.82, 2.24) is 0 Å². The lowest BCUT2D eigenvalue weighted by Gasteiger charge is -2.42. The van der Waals surface area contributed by atoms with Crippen LogP contribution in [0.2, 0.25) is 0 Å². The molecule has 1 heterocycles. The number of nitrogens with two attached hydrogens (primary N) is 1. The number of methoxy groups -OCH3 is 1. The number of rotatable bonds is 3. The van der Waals surface area contributed by atoms with Gasteiger partial charge in [0.25, 0.3) is 0 Å². The van der Waals surface area contributed by atoms with Crippen LogP contribution in [0.15, 0.2) is 12.1 Å². The van der Waals surface area contributed by atoms with Gasteiger partial charge in [-0.3, -0.25) is 0 Å². The van der Waals surface area contributed by atoms with E-state index in [2.05, 4.69) is 0 Å². The minimum atomic E-state index is 0.0757. The van der Waals surface area contributed by atoms with E-state index in [1.54, 1.807) is 7.11 Å². The molecule has 92 valence electrons. The maximum atomic E-state index is 5.94. The van der Waals surface area contributed by atoms with Gasteiger partial charge in [0.1, 0.15) is 5.75 Å². The molecule has 1 aromatic rings. The molecule has 0 amide bonds.